The van der Waals surface area contributed by atoms with E-state index < -0.39 is 18.1 Å². The van der Waals surface area contributed by atoms with E-state index in [1.54, 1.807) is 18.3 Å². The fraction of sp³-hybridized carbons (Fsp3) is 0.364. The van der Waals surface area contributed by atoms with Crippen LogP contribution in [-0.4, -0.2) is 47.0 Å². The lowest BCUT2D eigenvalue weighted by atomic mass is 10.3. The molecule has 0 aliphatic heterocycles. The molecule has 0 spiro atoms. The summed E-state index contributed by atoms with van der Waals surface area (Å²) in [5, 5.41) is 22.1. The van der Waals surface area contributed by atoms with Gasteiger partial charge in [-0.1, -0.05) is 6.07 Å². The zero-order valence-corrected chi connectivity index (χ0v) is 10.3. The minimum absolute atomic E-state index is 0.228. The van der Waals surface area contributed by atoms with Crippen LogP contribution in [0, 0.1) is 0 Å². The molecule has 104 valence electrons. The maximum Gasteiger partial charge on any atom is 0.334 e. The van der Waals surface area contributed by atoms with Gasteiger partial charge in [0.05, 0.1) is 13.7 Å². The van der Waals surface area contributed by atoms with E-state index in [9.17, 15) is 9.59 Å². The van der Waals surface area contributed by atoms with Gasteiger partial charge in [-0.25, -0.2) is 14.6 Å². The van der Waals surface area contributed by atoms with E-state index >= 15 is 0 Å². The van der Waals surface area contributed by atoms with Crippen molar-refractivity contribution in [3.63, 3.8) is 0 Å². The summed E-state index contributed by atoms with van der Waals surface area (Å²) in [7, 11) is 1.50. The summed E-state index contributed by atoms with van der Waals surface area (Å²) >= 11 is 0. The fourth-order valence-electron chi connectivity index (χ4n) is 1.16. The fourth-order valence-corrected chi connectivity index (χ4v) is 1.16. The van der Waals surface area contributed by atoms with Gasteiger partial charge in [0.25, 0.3) is 0 Å². The minimum atomic E-state index is -1.62. The van der Waals surface area contributed by atoms with E-state index in [0.29, 0.717) is 5.88 Å². The molecule has 0 aliphatic carbocycles. The number of aliphatic hydroxyl groups is 1. The van der Waals surface area contributed by atoms with Crippen LogP contribution >= 0.6 is 0 Å². The Hall–Kier alpha value is -2.35. The van der Waals surface area contributed by atoms with Crippen molar-refractivity contribution in [1.82, 2.24) is 15.6 Å². The van der Waals surface area contributed by atoms with Crippen LogP contribution in [0.5, 0.6) is 5.88 Å². The van der Waals surface area contributed by atoms with Crippen LogP contribution in [0.3, 0.4) is 0 Å². The van der Waals surface area contributed by atoms with Crippen molar-refractivity contribution in [2.24, 2.45) is 0 Å². The normalized spacial score (nSPS) is 11.5. The molecule has 0 unspecified atom stereocenters. The summed E-state index contributed by atoms with van der Waals surface area (Å²) in [6, 6.07) is 2.82. The quantitative estimate of drug-likeness (QED) is 0.544. The van der Waals surface area contributed by atoms with Crippen molar-refractivity contribution in [2.45, 2.75) is 12.6 Å². The van der Waals surface area contributed by atoms with Gasteiger partial charge in [-0.3, -0.25) is 0 Å². The number of aliphatic hydroxyl groups excluding tert-OH is 1. The molecule has 1 aromatic rings. The van der Waals surface area contributed by atoms with Gasteiger partial charge in [0.15, 0.2) is 6.10 Å². The molecule has 1 atom stereocenters. The molecule has 0 bridgehead atoms. The number of hydrogen-bond acceptors (Lipinski definition) is 5. The number of carbonyl (C=O) groups is 2. The number of carboxylic acids is 1. The smallest absolute Gasteiger partial charge is 0.334 e. The van der Waals surface area contributed by atoms with Crippen LogP contribution in [0.25, 0.3) is 0 Å². The van der Waals surface area contributed by atoms with Crippen molar-refractivity contribution >= 4 is 12.0 Å². The zero-order chi connectivity index (χ0) is 14.3. The second-order valence-corrected chi connectivity index (χ2v) is 3.63. The molecule has 1 heterocycles. The Kier molecular flexibility index (Phi) is 5.55. The predicted molar refractivity (Wildman–Crippen MR) is 64.7 cm³/mol. The summed E-state index contributed by atoms with van der Waals surface area (Å²) in [5.41, 5.74) is 0.759. The lowest BCUT2D eigenvalue weighted by Crippen LogP contribution is -2.41. The number of carbonyl (C=O) groups excluding carboxylic acids is 1. The highest BCUT2D eigenvalue weighted by Gasteiger charge is 2.13. The third-order valence-corrected chi connectivity index (χ3v) is 2.20. The van der Waals surface area contributed by atoms with Crippen LogP contribution in [0.1, 0.15) is 5.56 Å². The van der Waals surface area contributed by atoms with E-state index in [-0.39, 0.29) is 13.1 Å². The van der Waals surface area contributed by atoms with Crippen molar-refractivity contribution < 1.29 is 24.5 Å². The van der Waals surface area contributed by atoms with Gasteiger partial charge in [-0.15, -0.1) is 0 Å². The Morgan fingerprint density at radius 1 is 1.42 bits per heavy atom. The number of carboxylic acid groups (broad SMARTS) is 1. The molecule has 0 saturated carbocycles. The average Bonchev–Trinajstić information content (AvgIpc) is 2.42. The Morgan fingerprint density at radius 3 is 2.68 bits per heavy atom. The summed E-state index contributed by atoms with van der Waals surface area (Å²) in [4.78, 5) is 25.6. The summed E-state index contributed by atoms with van der Waals surface area (Å²) in [6.07, 6.45) is -0.0704. The predicted octanol–water partition coefficient (Wildman–Crippen LogP) is -0.665. The molecule has 19 heavy (non-hydrogen) atoms. The van der Waals surface area contributed by atoms with Gasteiger partial charge in [0, 0.05) is 18.8 Å². The topological polar surface area (TPSA) is 121 Å². The molecule has 0 saturated heterocycles. The lowest BCUT2D eigenvalue weighted by Gasteiger charge is -2.09. The number of aromatic nitrogens is 1. The first-order valence-corrected chi connectivity index (χ1v) is 5.44. The molecule has 1 aromatic heterocycles. The number of amides is 2. The molecule has 0 aromatic carbocycles. The number of rotatable bonds is 6. The number of nitrogens with one attached hydrogen (secondary N) is 2. The first kappa shape index (κ1) is 14.7. The number of ether oxygens (including phenoxy) is 1. The lowest BCUT2D eigenvalue weighted by molar-refractivity contribution is -0.146. The summed E-state index contributed by atoms with van der Waals surface area (Å²) in [5.74, 6) is -0.919. The second-order valence-electron chi connectivity index (χ2n) is 3.63. The van der Waals surface area contributed by atoms with Crippen molar-refractivity contribution in [3.05, 3.63) is 23.9 Å². The zero-order valence-electron chi connectivity index (χ0n) is 10.3. The van der Waals surface area contributed by atoms with Crippen LogP contribution in [0.15, 0.2) is 18.3 Å². The van der Waals surface area contributed by atoms with Crippen LogP contribution in [0.4, 0.5) is 4.79 Å². The number of pyridine rings is 1. The number of urea groups is 1. The molecule has 4 N–H and O–H groups in total. The van der Waals surface area contributed by atoms with Gasteiger partial charge in [-0.2, -0.15) is 0 Å². The molecular formula is C11H15N3O5. The van der Waals surface area contributed by atoms with Gasteiger partial charge < -0.3 is 25.6 Å². The second kappa shape index (κ2) is 7.17. The van der Waals surface area contributed by atoms with Crippen LogP contribution in [-0.2, 0) is 11.3 Å². The number of hydrogen-bond donors (Lipinski definition) is 4. The van der Waals surface area contributed by atoms with E-state index in [4.69, 9.17) is 14.9 Å². The van der Waals surface area contributed by atoms with Gasteiger partial charge in [0.2, 0.25) is 5.88 Å². The molecule has 1 rings (SSSR count). The van der Waals surface area contributed by atoms with Crippen LogP contribution < -0.4 is 15.4 Å². The van der Waals surface area contributed by atoms with Gasteiger partial charge in [0.1, 0.15) is 0 Å². The van der Waals surface area contributed by atoms with Crippen molar-refractivity contribution in [1.29, 1.82) is 0 Å². The molecule has 2 amide bonds. The highest BCUT2D eigenvalue weighted by atomic mass is 16.5. The Morgan fingerprint density at radius 2 is 2.16 bits per heavy atom. The standard InChI is InChI=1S/C11H15N3O5/c1-19-9-3-2-7(4-12-9)5-13-11(18)14-6-8(15)10(16)17/h2-4,8,15H,5-6H2,1H3,(H,16,17)(H2,13,14,18)/t8-/m0/s1. The largest absolute Gasteiger partial charge is 0.481 e. The Balaban J connectivity index is 2.31. The minimum Gasteiger partial charge on any atom is -0.481 e. The third kappa shape index (κ3) is 5.21. The number of aliphatic carboxylic acids is 1. The van der Waals surface area contributed by atoms with Crippen molar-refractivity contribution in [3.8, 4) is 5.88 Å². The highest BCUT2D eigenvalue weighted by molar-refractivity contribution is 5.76. The first-order chi connectivity index (χ1) is 9.02. The molecule has 0 aliphatic rings. The molecular weight excluding hydrogens is 254 g/mol. The molecule has 8 nitrogen and oxygen atoms in total. The maximum atomic E-state index is 11.3. The first-order valence-electron chi connectivity index (χ1n) is 5.44. The van der Waals surface area contributed by atoms with E-state index in [1.807, 2.05) is 0 Å². The SMILES string of the molecule is COc1ccc(CNC(=O)NC[C@H](O)C(=O)O)cn1. The van der Waals surface area contributed by atoms with E-state index in [0.717, 1.165) is 5.56 Å². The monoisotopic (exact) mass is 269 g/mol. The average molecular weight is 269 g/mol. The Labute approximate surface area is 109 Å². The van der Waals surface area contributed by atoms with E-state index in [2.05, 4.69) is 15.6 Å². The number of methoxy groups -OCH3 is 1. The third-order valence-electron chi connectivity index (χ3n) is 2.20. The maximum absolute atomic E-state index is 11.3. The number of nitrogens with zero attached hydrogens (tertiary/aromatic N) is 1. The Bertz CT molecular complexity index is 434. The summed E-state index contributed by atoms with van der Waals surface area (Å²) in [6.45, 7) is -0.131. The highest BCUT2D eigenvalue weighted by Crippen LogP contribution is 2.05. The van der Waals surface area contributed by atoms with E-state index in [1.165, 1.54) is 7.11 Å². The van der Waals surface area contributed by atoms with Gasteiger partial charge >= 0.3 is 12.0 Å². The summed E-state index contributed by atoms with van der Waals surface area (Å²) < 4.78 is 4.89. The molecule has 8 heteroatoms. The van der Waals surface area contributed by atoms with Crippen molar-refractivity contribution in [2.75, 3.05) is 13.7 Å². The molecule has 0 radical (unpaired) electrons. The van der Waals surface area contributed by atoms with Gasteiger partial charge in [-0.05, 0) is 5.56 Å². The molecule has 0 fully saturated rings. The van der Waals surface area contributed by atoms with Crippen LogP contribution in [0.2, 0.25) is 0 Å².